The fourth-order valence-corrected chi connectivity index (χ4v) is 3.12. The number of hydrogen-bond acceptors (Lipinski definition) is 6. The minimum Gasteiger partial charge on any atom is -0.463 e. The van der Waals surface area contributed by atoms with E-state index in [0.29, 0.717) is 17.0 Å². The van der Waals surface area contributed by atoms with Crippen LogP contribution in [0, 0.1) is 6.92 Å². The minimum absolute atomic E-state index is 0.0382. The number of aryl methyl sites for hydroxylation is 1. The number of allylic oxidation sites excluding steroid dienone is 2. The summed E-state index contributed by atoms with van der Waals surface area (Å²) < 4.78 is 10.4. The third-order valence-corrected chi connectivity index (χ3v) is 4.41. The topological polar surface area (TPSA) is 72.9 Å². The van der Waals surface area contributed by atoms with Gasteiger partial charge >= 0.3 is 11.9 Å². The molecule has 0 aliphatic carbocycles. The first-order valence-electron chi connectivity index (χ1n) is 8.97. The van der Waals surface area contributed by atoms with E-state index in [2.05, 4.69) is 0 Å². The van der Waals surface area contributed by atoms with Crippen LogP contribution >= 0.6 is 0 Å². The summed E-state index contributed by atoms with van der Waals surface area (Å²) in [6.45, 7) is 8.85. The Morgan fingerprint density at radius 3 is 2.11 bits per heavy atom. The van der Waals surface area contributed by atoms with Gasteiger partial charge in [-0.05, 0) is 46.2 Å². The molecule has 0 amide bonds. The van der Waals surface area contributed by atoms with Gasteiger partial charge in [0.25, 0.3) is 0 Å². The van der Waals surface area contributed by atoms with Gasteiger partial charge in [-0.15, -0.1) is 0 Å². The molecule has 0 bridgehead atoms. The van der Waals surface area contributed by atoms with Crippen LogP contribution in [0.4, 0.5) is 5.69 Å². The fourth-order valence-electron chi connectivity index (χ4n) is 3.12. The lowest BCUT2D eigenvalue weighted by molar-refractivity contribution is -0.142. The number of Topliss-reactive ketones (excluding diaryl/α,β-unsaturated/α-hetero) is 1. The lowest BCUT2D eigenvalue weighted by atomic mass is 9.92. The molecule has 0 saturated carbocycles. The van der Waals surface area contributed by atoms with Crippen LogP contribution in [0.5, 0.6) is 0 Å². The number of rotatable bonds is 6. The van der Waals surface area contributed by atoms with Crippen LogP contribution in [-0.4, -0.2) is 30.9 Å². The molecule has 1 aromatic carbocycles. The maximum atomic E-state index is 12.8. The molecular formula is C21H25NO5. The average molecular weight is 371 g/mol. The van der Waals surface area contributed by atoms with Crippen molar-refractivity contribution in [1.29, 1.82) is 0 Å². The molecule has 2 rings (SSSR count). The van der Waals surface area contributed by atoms with Gasteiger partial charge in [0.05, 0.1) is 18.8 Å². The molecule has 0 N–H and O–H groups in total. The first-order chi connectivity index (χ1) is 12.8. The monoisotopic (exact) mass is 371 g/mol. The first-order valence-corrected chi connectivity index (χ1v) is 8.97. The summed E-state index contributed by atoms with van der Waals surface area (Å²) in [6, 6.07) is 7.46. The Kier molecular flexibility index (Phi) is 6.55. The zero-order chi connectivity index (χ0) is 20.1. The summed E-state index contributed by atoms with van der Waals surface area (Å²) in [5, 5.41) is 0. The Balaban J connectivity index is 2.78. The molecule has 1 heterocycles. The highest BCUT2D eigenvalue weighted by atomic mass is 16.5. The summed E-state index contributed by atoms with van der Waals surface area (Å²) in [5.74, 6) is -1.40. The Labute approximate surface area is 159 Å². The van der Waals surface area contributed by atoms with Crippen LogP contribution in [0.1, 0.15) is 39.7 Å². The minimum atomic E-state index is -0.620. The quantitative estimate of drug-likeness (QED) is 0.713. The molecule has 0 fully saturated rings. The highest BCUT2D eigenvalue weighted by Gasteiger charge is 2.36. The second-order valence-electron chi connectivity index (χ2n) is 6.19. The molecule has 144 valence electrons. The Bertz CT molecular complexity index is 835. The van der Waals surface area contributed by atoms with Gasteiger partial charge in [-0.2, -0.15) is 0 Å². The van der Waals surface area contributed by atoms with Crippen molar-refractivity contribution in [2.24, 2.45) is 0 Å². The van der Waals surface area contributed by atoms with Gasteiger partial charge < -0.3 is 14.4 Å². The number of carbonyl (C=O) groups is 3. The normalized spacial score (nSPS) is 14.3. The Morgan fingerprint density at radius 1 is 0.963 bits per heavy atom. The van der Waals surface area contributed by atoms with Crippen LogP contribution in [0.3, 0.4) is 0 Å². The number of benzene rings is 1. The number of esters is 2. The van der Waals surface area contributed by atoms with E-state index in [9.17, 15) is 14.4 Å². The smallest absolute Gasteiger partial charge is 0.355 e. The van der Waals surface area contributed by atoms with Crippen molar-refractivity contribution in [3.63, 3.8) is 0 Å². The lowest BCUT2D eigenvalue weighted by Crippen LogP contribution is -2.36. The second-order valence-corrected chi connectivity index (χ2v) is 6.19. The van der Waals surface area contributed by atoms with Crippen LogP contribution in [0.15, 0.2) is 46.8 Å². The van der Waals surface area contributed by atoms with E-state index in [-0.39, 0.29) is 36.7 Å². The molecule has 27 heavy (non-hydrogen) atoms. The summed E-state index contributed by atoms with van der Waals surface area (Å²) in [6.07, 6.45) is 0.0382. The Morgan fingerprint density at radius 2 is 1.56 bits per heavy atom. The molecular weight excluding hydrogens is 346 g/mol. The van der Waals surface area contributed by atoms with Crippen LogP contribution in [0.2, 0.25) is 0 Å². The number of nitrogens with zero attached hydrogens (tertiary/aromatic N) is 1. The largest absolute Gasteiger partial charge is 0.463 e. The van der Waals surface area contributed by atoms with Crippen molar-refractivity contribution < 1.29 is 23.9 Å². The van der Waals surface area contributed by atoms with Gasteiger partial charge in [0.1, 0.15) is 5.70 Å². The zero-order valence-corrected chi connectivity index (χ0v) is 16.4. The summed E-state index contributed by atoms with van der Waals surface area (Å²) in [4.78, 5) is 39.3. The molecule has 1 aliphatic rings. The van der Waals surface area contributed by atoms with Gasteiger partial charge in [0.2, 0.25) is 0 Å². The molecule has 6 nitrogen and oxygen atoms in total. The molecule has 1 aliphatic heterocycles. The maximum Gasteiger partial charge on any atom is 0.355 e. The van der Waals surface area contributed by atoms with Gasteiger partial charge in [0.15, 0.2) is 5.78 Å². The third kappa shape index (κ3) is 4.10. The molecule has 6 heteroatoms. The van der Waals surface area contributed by atoms with Crippen molar-refractivity contribution in [2.45, 2.75) is 41.0 Å². The van der Waals surface area contributed by atoms with E-state index in [1.165, 1.54) is 6.92 Å². The van der Waals surface area contributed by atoms with Gasteiger partial charge in [-0.1, -0.05) is 18.2 Å². The summed E-state index contributed by atoms with van der Waals surface area (Å²) >= 11 is 0. The molecule has 0 unspecified atom stereocenters. The number of para-hydroxylation sites is 1. The predicted octanol–water partition coefficient (Wildman–Crippen LogP) is 3.45. The van der Waals surface area contributed by atoms with E-state index in [0.717, 1.165) is 5.56 Å². The SMILES string of the molecule is CCOC(=O)C1=C(C(=O)OCC)N(c2ccccc2C)C(C)=C(C(C)=O)C1. The van der Waals surface area contributed by atoms with E-state index >= 15 is 0 Å². The second kappa shape index (κ2) is 8.66. The predicted molar refractivity (Wildman–Crippen MR) is 102 cm³/mol. The van der Waals surface area contributed by atoms with E-state index in [4.69, 9.17) is 9.47 Å². The van der Waals surface area contributed by atoms with E-state index in [1.54, 1.807) is 25.7 Å². The molecule has 0 spiro atoms. The first kappa shape index (κ1) is 20.4. The molecule has 0 aromatic heterocycles. The number of anilines is 1. The van der Waals surface area contributed by atoms with Crippen LogP contribution in [-0.2, 0) is 23.9 Å². The van der Waals surface area contributed by atoms with Crippen molar-refractivity contribution in [3.8, 4) is 0 Å². The van der Waals surface area contributed by atoms with E-state index in [1.807, 2.05) is 31.2 Å². The highest BCUT2D eigenvalue weighted by Crippen LogP contribution is 2.37. The lowest BCUT2D eigenvalue weighted by Gasteiger charge is -2.34. The molecule has 0 saturated heterocycles. The Hall–Kier alpha value is -2.89. The van der Waals surface area contributed by atoms with E-state index < -0.39 is 11.9 Å². The average Bonchev–Trinajstić information content (AvgIpc) is 2.62. The van der Waals surface area contributed by atoms with Crippen LogP contribution in [0.25, 0.3) is 0 Å². The van der Waals surface area contributed by atoms with Gasteiger partial charge in [0, 0.05) is 23.4 Å². The van der Waals surface area contributed by atoms with Crippen molar-refractivity contribution in [1.82, 2.24) is 0 Å². The molecule has 1 aromatic rings. The molecule has 0 atom stereocenters. The van der Waals surface area contributed by atoms with Gasteiger partial charge in [-0.3, -0.25) is 4.79 Å². The van der Waals surface area contributed by atoms with Crippen molar-refractivity contribution >= 4 is 23.4 Å². The molecule has 0 radical (unpaired) electrons. The highest BCUT2D eigenvalue weighted by molar-refractivity contribution is 6.08. The third-order valence-electron chi connectivity index (χ3n) is 4.41. The number of hydrogen-bond donors (Lipinski definition) is 0. The summed E-state index contributed by atoms with van der Waals surface area (Å²) in [7, 11) is 0. The summed E-state index contributed by atoms with van der Waals surface area (Å²) in [5.41, 5.74) is 2.91. The van der Waals surface area contributed by atoms with Crippen LogP contribution < -0.4 is 4.90 Å². The number of carbonyl (C=O) groups excluding carboxylic acids is 3. The maximum absolute atomic E-state index is 12.8. The zero-order valence-electron chi connectivity index (χ0n) is 16.4. The standard InChI is InChI=1S/C21H25NO5/c1-6-26-20(24)17-12-16(15(5)23)14(4)22(19(17)21(25)27-7-2)18-11-9-8-10-13(18)3/h8-11H,6-7,12H2,1-5H3. The van der Waals surface area contributed by atoms with Crippen molar-refractivity contribution in [3.05, 3.63) is 52.4 Å². The van der Waals surface area contributed by atoms with Gasteiger partial charge in [-0.25, -0.2) is 9.59 Å². The fraction of sp³-hybridized carbons (Fsp3) is 0.381. The number of ketones is 1. The number of ether oxygens (including phenoxy) is 2. The van der Waals surface area contributed by atoms with Crippen molar-refractivity contribution in [2.75, 3.05) is 18.1 Å².